The van der Waals surface area contributed by atoms with E-state index in [1.54, 1.807) is 6.07 Å². The molecule has 2 N–H and O–H groups in total. The van der Waals surface area contributed by atoms with Crippen LogP contribution in [0.4, 0.5) is 8.78 Å². The summed E-state index contributed by atoms with van der Waals surface area (Å²) in [5, 5.41) is 6.29. The molecule has 11 heteroatoms. The largest absolute Gasteiger partial charge is 0.464 e. The van der Waals surface area contributed by atoms with E-state index < -0.39 is 23.6 Å². The molecule has 0 saturated heterocycles. The Kier molecular flexibility index (Phi) is 7.23. The molecule has 3 aromatic heterocycles. The highest BCUT2D eigenvalue weighted by atomic mass is 32.1. The summed E-state index contributed by atoms with van der Waals surface area (Å²) >= 11 is 1.51. The molecule has 0 fully saturated rings. The standard InChI is InChI=1S/C14H11N3O4S.C7H7F2N/c1-20-13(18)9-6-10(14(19)21-2)17-12(15-9)7-8(16-17)11-4-3-5-22-11;8-6-2-1-5(4-10)3-7(6)9/h3-7H,1-2H3;1-3H,4,10H2. The highest BCUT2D eigenvalue weighted by molar-refractivity contribution is 7.13. The van der Waals surface area contributed by atoms with Gasteiger partial charge >= 0.3 is 11.9 Å². The molecule has 0 aliphatic carbocycles. The van der Waals surface area contributed by atoms with Gasteiger partial charge < -0.3 is 15.2 Å². The van der Waals surface area contributed by atoms with E-state index in [9.17, 15) is 18.4 Å². The Labute approximate surface area is 185 Å². The van der Waals surface area contributed by atoms with Crippen molar-refractivity contribution in [2.24, 2.45) is 5.73 Å². The molecule has 0 radical (unpaired) electrons. The third-order valence-electron chi connectivity index (χ3n) is 4.21. The molecule has 32 heavy (non-hydrogen) atoms. The molecule has 166 valence electrons. The first kappa shape index (κ1) is 23.0. The monoisotopic (exact) mass is 460 g/mol. The van der Waals surface area contributed by atoms with Crippen molar-refractivity contribution in [3.05, 3.63) is 76.4 Å². The number of rotatable bonds is 4. The Hall–Kier alpha value is -3.70. The maximum Gasteiger partial charge on any atom is 0.356 e. The van der Waals surface area contributed by atoms with E-state index in [-0.39, 0.29) is 17.9 Å². The minimum absolute atomic E-state index is 0.0213. The van der Waals surface area contributed by atoms with Gasteiger partial charge in [-0.25, -0.2) is 27.9 Å². The van der Waals surface area contributed by atoms with Gasteiger partial charge in [0.1, 0.15) is 5.69 Å². The van der Waals surface area contributed by atoms with E-state index >= 15 is 0 Å². The number of esters is 2. The Balaban J connectivity index is 0.000000243. The van der Waals surface area contributed by atoms with Crippen LogP contribution in [0.5, 0.6) is 0 Å². The number of nitrogens with zero attached hydrogens (tertiary/aromatic N) is 3. The number of carbonyl (C=O) groups is 2. The van der Waals surface area contributed by atoms with Gasteiger partial charge in [0.05, 0.1) is 19.1 Å². The average molecular weight is 460 g/mol. The van der Waals surface area contributed by atoms with Crippen LogP contribution in [-0.2, 0) is 16.0 Å². The summed E-state index contributed by atoms with van der Waals surface area (Å²) in [6, 6.07) is 10.4. The van der Waals surface area contributed by atoms with Crippen LogP contribution < -0.4 is 5.73 Å². The number of hydrogen-bond donors (Lipinski definition) is 1. The topological polar surface area (TPSA) is 109 Å². The first-order chi connectivity index (χ1) is 15.4. The molecule has 0 unspecified atom stereocenters. The van der Waals surface area contributed by atoms with Crippen molar-refractivity contribution in [2.45, 2.75) is 6.54 Å². The molecule has 0 spiro atoms. The molecule has 4 rings (SSSR count). The number of hydrogen-bond acceptors (Lipinski definition) is 8. The maximum atomic E-state index is 12.3. The zero-order valence-corrected chi connectivity index (χ0v) is 17.9. The fourth-order valence-electron chi connectivity index (χ4n) is 2.64. The number of carbonyl (C=O) groups excluding carboxylic acids is 2. The summed E-state index contributed by atoms with van der Waals surface area (Å²) in [6.07, 6.45) is 0. The van der Waals surface area contributed by atoms with Crippen LogP contribution in [0.15, 0.2) is 47.8 Å². The van der Waals surface area contributed by atoms with E-state index in [2.05, 4.69) is 14.8 Å². The van der Waals surface area contributed by atoms with E-state index in [0.717, 1.165) is 17.0 Å². The predicted octanol–water partition coefficient (Wildman–Crippen LogP) is 3.45. The molecule has 0 aliphatic rings. The molecule has 3 heterocycles. The van der Waals surface area contributed by atoms with Crippen molar-refractivity contribution in [1.29, 1.82) is 0 Å². The fourth-order valence-corrected chi connectivity index (χ4v) is 3.33. The number of aromatic nitrogens is 3. The van der Waals surface area contributed by atoms with Crippen LogP contribution in [0.3, 0.4) is 0 Å². The molecule has 8 nitrogen and oxygen atoms in total. The zero-order valence-electron chi connectivity index (χ0n) is 17.0. The number of methoxy groups -OCH3 is 2. The van der Waals surface area contributed by atoms with Crippen LogP contribution in [0.25, 0.3) is 16.2 Å². The Morgan fingerprint density at radius 1 is 1.06 bits per heavy atom. The highest BCUT2D eigenvalue weighted by Crippen LogP contribution is 2.25. The smallest absolute Gasteiger partial charge is 0.356 e. The highest BCUT2D eigenvalue weighted by Gasteiger charge is 2.20. The maximum absolute atomic E-state index is 12.3. The molecule has 4 aromatic rings. The minimum Gasteiger partial charge on any atom is -0.464 e. The van der Waals surface area contributed by atoms with Gasteiger partial charge in [-0.1, -0.05) is 12.1 Å². The Morgan fingerprint density at radius 3 is 2.41 bits per heavy atom. The lowest BCUT2D eigenvalue weighted by Gasteiger charge is -2.04. The van der Waals surface area contributed by atoms with Crippen molar-refractivity contribution in [1.82, 2.24) is 14.6 Å². The summed E-state index contributed by atoms with van der Waals surface area (Å²) in [5.74, 6) is -2.93. The lowest BCUT2D eigenvalue weighted by Crippen LogP contribution is -2.14. The second kappa shape index (κ2) is 10.1. The van der Waals surface area contributed by atoms with E-state index in [1.807, 2.05) is 17.5 Å². The number of fused-ring (bicyclic) bond motifs is 1. The van der Waals surface area contributed by atoms with Gasteiger partial charge in [-0.15, -0.1) is 11.3 Å². The van der Waals surface area contributed by atoms with E-state index in [0.29, 0.717) is 16.9 Å². The molecule has 0 bridgehead atoms. The number of halogens is 2. The van der Waals surface area contributed by atoms with Gasteiger partial charge in [0.25, 0.3) is 0 Å². The zero-order chi connectivity index (χ0) is 23.3. The summed E-state index contributed by atoms with van der Waals surface area (Å²) in [6.45, 7) is 0.233. The quantitative estimate of drug-likeness (QED) is 0.465. The van der Waals surface area contributed by atoms with Crippen molar-refractivity contribution in [3.63, 3.8) is 0 Å². The Bertz CT molecular complexity index is 1260. The van der Waals surface area contributed by atoms with Gasteiger partial charge in [0.2, 0.25) is 0 Å². The molecular formula is C21H18F2N4O4S. The summed E-state index contributed by atoms with van der Waals surface area (Å²) < 4.78 is 35.3. The van der Waals surface area contributed by atoms with Crippen molar-refractivity contribution in [3.8, 4) is 10.6 Å². The van der Waals surface area contributed by atoms with Crippen molar-refractivity contribution >= 4 is 28.9 Å². The van der Waals surface area contributed by atoms with Gasteiger partial charge in [0, 0.05) is 18.7 Å². The number of benzene rings is 1. The van der Waals surface area contributed by atoms with Crippen molar-refractivity contribution < 1.29 is 27.8 Å². The van der Waals surface area contributed by atoms with E-state index in [1.165, 1.54) is 42.2 Å². The van der Waals surface area contributed by atoms with Gasteiger partial charge in [0.15, 0.2) is 28.7 Å². The lowest BCUT2D eigenvalue weighted by atomic mass is 10.2. The molecule has 1 aromatic carbocycles. The SMILES string of the molecule is COC(=O)c1cc(C(=O)OC)n2nc(-c3cccs3)cc2n1.NCc1ccc(F)c(F)c1. The predicted molar refractivity (Wildman–Crippen MR) is 113 cm³/mol. The van der Waals surface area contributed by atoms with Crippen molar-refractivity contribution in [2.75, 3.05) is 14.2 Å². The van der Waals surface area contributed by atoms with Crippen LogP contribution in [-0.4, -0.2) is 40.8 Å². The molecule has 0 amide bonds. The van der Waals surface area contributed by atoms with Crippen LogP contribution >= 0.6 is 11.3 Å². The number of thiophene rings is 1. The molecular weight excluding hydrogens is 442 g/mol. The Morgan fingerprint density at radius 2 is 1.81 bits per heavy atom. The molecule has 0 aliphatic heterocycles. The van der Waals surface area contributed by atoms with Gasteiger partial charge in [-0.05, 0) is 29.1 Å². The van der Waals surface area contributed by atoms with Crippen LogP contribution in [0, 0.1) is 11.6 Å². The van der Waals surface area contributed by atoms with Crippen LogP contribution in [0.1, 0.15) is 26.5 Å². The van der Waals surface area contributed by atoms with Gasteiger partial charge in [-0.3, -0.25) is 0 Å². The normalized spacial score (nSPS) is 10.4. The summed E-state index contributed by atoms with van der Waals surface area (Å²) in [4.78, 5) is 28.7. The van der Waals surface area contributed by atoms with Gasteiger partial charge in [-0.2, -0.15) is 5.10 Å². The second-order valence-corrected chi connectivity index (χ2v) is 7.19. The summed E-state index contributed by atoms with van der Waals surface area (Å²) in [5.41, 5.74) is 6.93. The summed E-state index contributed by atoms with van der Waals surface area (Å²) in [7, 11) is 2.51. The average Bonchev–Trinajstić information content (AvgIpc) is 3.49. The fraction of sp³-hybridized carbons (Fsp3) is 0.143. The molecule has 0 atom stereocenters. The second-order valence-electron chi connectivity index (χ2n) is 6.24. The minimum atomic E-state index is -0.844. The molecule has 0 saturated carbocycles. The first-order valence-electron chi connectivity index (χ1n) is 9.13. The van der Waals surface area contributed by atoms with Crippen LogP contribution in [0.2, 0.25) is 0 Å². The third-order valence-corrected chi connectivity index (χ3v) is 5.10. The van der Waals surface area contributed by atoms with E-state index in [4.69, 9.17) is 10.5 Å². The lowest BCUT2D eigenvalue weighted by molar-refractivity contribution is 0.0588. The number of nitrogens with two attached hydrogens (primary N) is 1. The third kappa shape index (κ3) is 4.95. The number of ether oxygens (including phenoxy) is 2. The first-order valence-corrected chi connectivity index (χ1v) is 10.0.